The number of hydrogen-bond donors (Lipinski definition) is 1. The van der Waals surface area contributed by atoms with Gasteiger partial charge in [-0.15, -0.1) is 0 Å². The lowest BCUT2D eigenvalue weighted by atomic mass is 10.0. The molecule has 0 saturated carbocycles. The largest absolute Gasteiger partial charge is 0.294 e. The van der Waals surface area contributed by atoms with Gasteiger partial charge >= 0.3 is 0 Å². The summed E-state index contributed by atoms with van der Waals surface area (Å²) >= 11 is 0. The number of rotatable bonds is 4. The Hall–Kier alpha value is -2.75. The van der Waals surface area contributed by atoms with E-state index in [1.807, 2.05) is 54.6 Å². The van der Waals surface area contributed by atoms with Crippen molar-refractivity contribution in [2.75, 3.05) is 0 Å². The number of nitrogens with zero attached hydrogens (tertiary/aromatic N) is 2. The van der Waals surface area contributed by atoms with E-state index in [0.717, 1.165) is 22.4 Å². The molecule has 4 heteroatoms. The molecule has 0 aliphatic rings. The number of hydrogen-bond acceptors (Lipinski definition) is 3. The number of ketones is 1. The molecule has 98 valence electrons. The van der Waals surface area contributed by atoms with Crippen LogP contribution in [0.25, 0.3) is 11.3 Å². The van der Waals surface area contributed by atoms with Gasteiger partial charge in [0.2, 0.25) is 0 Å². The van der Waals surface area contributed by atoms with Crippen molar-refractivity contribution in [3.63, 3.8) is 0 Å². The first-order chi connectivity index (χ1) is 9.83. The zero-order valence-electron chi connectivity index (χ0n) is 10.8. The van der Waals surface area contributed by atoms with Gasteiger partial charge < -0.3 is 0 Å². The minimum absolute atomic E-state index is 0.114. The number of aromatic nitrogens is 3. The minimum Gasteiger partial charge on any atom is -0.294 e. The minimum atomic E-state index is 0.114. The summed E-state index contributed by atoms with van der Waals surface area (Å²) in [5.41, 5.74) is 3.44. The molecule has 2 aromatic carbocycles. The number of carbonyl (C=O) groups excluding carboxylic acids is 1. The Morgan fingerprint density at radius 1 is 1.05 bits per heavy atom. The molecule has 0 atom stereocenters. The first kappa shape index (κ1) is 12.3. The van der Waals surface area contributed by atoms with Gasteiger partial charge in [0.25, 0.3) is 0 Å². The molecular formula is C16H13N3O. The third-order valence-corrected chi connectivity index (χ3v) is 3.10. The Bertz CT molecular complexity index is 706. The molecule has 0 aliphatic heterocycles. The molecule has 0 fully saturated rings. The molecule has 0 saturated heterocycles. The van der Waals surface area contributed by atoms with Gasteiger partial charge in [0.1, 0.15) is 5.69 Å². The molecule has 0 amide bonds. The summed E-state index contributed by atoms with van der Waals surface area (Å²) < 4.78 is 0. The van der Waals surface area contributed by atoms with Crippen molar-refractivity contribution < 1.29 is 4.79 Å². The van der Waals surface area contributed by atoms with E-state index in [9.17, 15) is 4.79 Å². The van der Waals surface area contributed by atoms with Crippen LogP contribution in [0.3, 0.4) is 0 Å². The number of Topliss-reactive ketones (excluding diaryl/α,β-unsaturated/α-hetero) is 1. The van der Waals surface area contributed by atoms with Crippen LogP contribution >= 0.6 is 0 Å². The third-order valence-electron chi connectivity index (χ3n) is 3.10. The summed E-state index contributed by atoms with van der Waals surface area (Å²) in [7, 11) is 0. The fourth-order valence-corrected chi connectivity index (χ4v) is 2.09. The van der Waals surface area contributed by atoms with E-state index < -0.39 is 0 Å². The van der Waals surface area contributed by atoms with Crippen LogP contribution in [0.4, 0.5) is 0 Å². The molecule has 1 heterocycles. The highest BCUT2D eigenvalue weighted by atomic mass is 16.1. The molecular weight excluding hydrogens is 250 g/mol. The highest BCUT2D eigenvalue weighted by molar-refractivity contribution is 5.97. The van der Waals surface area contributed by atoms with Gasteiger partial charge in [-0.1, -0.05) is 48.5 Å². The first-order valence-corrected chi connectivity index (χ1v) is 6.36. The normalized spacial score (nSPS) is 10.4. The van der Waals surface area contributed by atoms with Crippen LogP contribution in [0.2, 0.25) is 0 Å². The van der Waals surface area contributed by atoms with Crippen molar-refractivity contribution in [3.8, 4) is 11.3 Å². The van der Waals surface area contributed by atoms with Crippen molar-refractivity contribution >= 4 is 5.78 Å². The summed E-state index contributed by atoms with van der Waals surface area (Å²) in [5, 5.41) is 10.4. The highest BCUT2D eigenvalue weighted by Crippen LogP contribution is 2.18. The Balaban J connectivity index is 1.82. The van der Waals surface area contributed by atoms with E-state index in [1.54, 1.807) is 6.20 Å². The zero-order chi connectivity index (χ0) is 13.8. The van der Waals surface area contributed by atoms with Gasteiger partial charge in [-0.2, -0.15) is 15.4 Å². The van der Waals surface area contributed by atoms with Gasteiger partial charge in [-0.3, -0.25) is 4.79 Å². The average Bonchev–Trinajstić information content (AvgIpc) is 3.03. The van der Waals surface area contributed by atoms with Crippen LogP contribution in [-0.4, -0.2) is 21.2 Å². The van der Waals surface area contributed by atoms with Crippen molar-refractivity contribution in [3.05, 3.63) is 71.9 Å². The van der Waals surface area contributed by atoms with E-state index in [4.69, 9.17) is 0 Å². The summed E-state index contributed by atoms with van der Waals surface area (Å²) in [5.74, 6) is 0.114. The molecule has 3 rings (SSSR count). The quantitative estimate of drug-likeness (QED) is 0.736. The van der Waals surface area contributed by atoms with Crippen LogP contribution in [-0.2, 0) is 6.42 Å². The van der Waals surface area contributed by atoms with Gasteiger partial charge in [0, 0.05) is 17.5 Å². The predicted molar refractivity (Wildman–Crippen MR) is 76.3 cm³/mol. The molecule has 0 bridgehead atoms. The molecule has 0 radical (unpaired) electrons. The highest BCUT2D eigenvalue weighted by Gasteiger charge is 2.08. The van der Waals surface area contributed by atoms with E-state index in [2.05, 4.69) is 15.4 Å². The third kappa shape index (κ3) is 2.64. The van der Waals surface area contributed by atoms with E-state index in [0.29, 0.717) is 6.42 Å². The second-order valence-electron chi connectivity index (χ2n) is 4.52. The standard InChI is InChI=1S/C16H13N3O/c20-16(13-6-2-1-3-7-13)10-12-5-4-8-14(9-12)15-11-17-19-18-15/h1-9,11H,10H2,(H,17,18,19). The Labute approximate surface area is 116 Å². The number of nitrogens with one attached hydrogen (secondary N) is 1. The summed E-state index contributed by atoms with van der Waals surface area (Å²) in [6, 6.07) is 17.1. The first-order valence-electron chi connectivity index (χ1n) is 6.36. The molecule has 0 aliphatic carbocycles. The fourth-order valence-electron chi connectivity index (χ4n) is 2.09. The van der Waals surface area contributed by atoms with Crippen molar-refractivity contribution in [1.29, 1.82) is 0 Å². The summed E-state index contributed by atoms with van der Waals surface area (Å²) in [6.45, 7) is 0. The molecule has 0 unspecified atom stereocenters. The monoisotopic (exact) mass is 263 g/mol. The average molecular weight is 263 g/mol. The van der Waals surface area contributed by atoms with Crippen LogP contribution in [0.15, 0.2) is 60.8 Å². The maximum Gasteiger partial charge on any atom is 0.167 e. The van der Waals surface area contributed by atoms with Crippen molar-refractivity contribution in [2.24, 2.45) is 0 Å². The number of benzene rings is 2. The number of carbonyl (C=O) groups is 1. The molecule has 1 N–H and O–H groups in total. The molecule has 1 aromatic heterocycles. The van der Waals surface area contributed by atoms with Gasteiger partial charge in [0.05, 0.1) is 6.20 Å². The van der Waals surface area contributed by atoms with E-state index in [1.165, 1.54) is 0 Å². The van der Waals surface area contributed by atoms with Gasteiger partial charge in [-0.05, 0) is 11.6 Å². The van der Waals surface area contributed by atoms with Crippen LogP contribution in [0.5, 0.6) is 0 Å². The van der Waals surface area contributed by atoms with Crippen LogP contribution < -0.4 is 0 Å². The molecule has 4 nitrogen and oxygen atoms in total. The maximum absolute atomic E-state index is 12.2. The lowest BCUT2D eigenvalue weighted by molar-refractivity contribution is 0.0993. The molecule has 20 heavy (non-hydrogen) atoms. The number of aromatic amines is 1. The Morgan fingerprint density at radius 2 is 1.90 bits per heavy atom. The van der Waals surface area contributed by atoms with Gasteiger partial charge in [0.15, 0.2) is 5.78 Å². The maximum atomic E-state index is 12.2. The Kier molecular flexibility index (Phi) is 3.37. The van der Waals surface area contributed by atoms with Crippen molar-refractivity contribution in [1.82, 2.24) is 15.4 Å². The van der Waals surface area contributed by atoms with E-state index >= 15 is 0 Å². The number of H-pyrrole nitrogens is 1. The summed E-state index contributed by atoms with van der Waals surface area (Å²) in [4.78, 5) is 12.2. The van der Waals surface area contributed by atoms with E-state index in [-0.39, 0.29) is 5.78 Å². The Morgan fingerprint density at radius 3 is 2.65 bits per heavy atom. The second-order valence-corrected chi connectivity index (χ2v) is 4.52. The smallest absolute Gasteiger partial charge is 0.167 e. The lowest BCUT2D eigenvalue weighted by Gasteiger charge is -2.03. The molecule has 0 spiro atoms. The van der Waals surface area contributed by atoms with Crippen molar-refractivity contribution in [2.45, 2.75) is 6.42 Å². The SMILES string of the molecule is O=C(Cc1cccc(-c2cn[nH]n2)c1)c1ccccc1. The topological polar surface area (TPSA) is 58.6 Å². The van der Waals surface area contributed by atoms with Gasteiger partial charge in [-0.25, -0.2) is 0 Å². The van der Waals surface area contributed by atoms with Crippen LogP contribution in [0.1, 0.15) is 15.9 Å². The lowest BCUT2D eigenvalue weighted by Crippen LogP contribution is -2.03. The molecule has 3 aromatic rings. The second kappa shape index (κ2) is 5.48. The summed E-state index contributed by atoms with van der Waals surface area (Å²) in [6.07, 6.45) is 2.05. The van der Waals surface area contributed by atoms with Crippen LogP contribution in [0, 0.1) is 0 Å². The zero-order valence-corrected chi connectivity index (χ0v) is 10.8. The fraction of sp³-hybridized carbons (Fsp3) is 0.0625. The predicted octanol–water partition coefficient (Wildman–Crippen LogP) is 2.90.